The van der Waals surface area contributed by atoms with Crippen LogP contribution in [0.3, 0.4) is 0 Å². The number of carboxylic acid groups (broad SMARTS) is 1. The fourth-order valence-electron chi connectivity index (χ4n) is 3.10. The monoisotopic (exact) mass is 313 g/mol. The van der Waals surface area contributed by atoms with Crippen LogP contribution in [0.15, 0.2) is 9.95 Å². The smallest absolute Gasteiger partial charge is 0.343 e. The topological polar surface area (TPSA) is 88.0 Å². The van der Waals surface area contributed by atoms with Crippen molar-refractivity contribution < 1.29 is 9.90 Å². The third-order valence-corrected chi connectivity index (χ3v) is 5.56. The van der Waals surface area contributed by atoms with Crippen LogP contribution in [0.4, 0.5) is 0 Å². The fraction of sp³-hybridized carbons (Fsp3) is 0.786. The summed E-state index contributed by atoms with van der Waals surface area (Å²) in [6.45, 7) is 4.59. The van der Waals surface area contributed by atoms with E-state index in [0.717, 1.165) is 32.1 Å². The molecule has 2 rings (SSSR count). The van der Waals surface area contributed by atoms with Crippen molar-refractivity contribution in [2.24, 2.45) is 11.8 Å². The molecule has 21 heavy (non-hydrogen) atoms. The number of aliphatic carboxylic acids is 1. The summed E-state index contributed by atoms with van der Waals surface area (Å²) < 4.78 is 1.56. The number of hydrogen-bond donors (Lipinski definition) is 2. The van der Waals surface area contributed by atoms with Crippen LogP contribution < -0.4 is 5.69 Å². The van der Waals surface area contributed by atoms with E-state index < -0.39 is 5.97 Å². The lowest BCUT2D eigenvalue weighted by Gasteiger charge is -2.33. The van der Waals surface area contributed by atoms with Gasteiger partial charge in [-0.25, -0.2) is 9.89 Å². The minimum atomic E-state index is -0.733. The first kappa shape index (κ1) is 16.1. The van der Waals surface area contributed by atoms with Crippen molar-refractivity contribution >= 4 is 17.7 Å². The molecule has 3 atom stereocenters. The van der Waals surface area contributed by atoms with Crippen molar-refractivity contribution in [2.75, 3.05) is 0 Å². The molecule has 1 aromatic heterocycles. The molecule has 1 fully saturated rings. The lowest BCUT2D eigenvalue weighted by molar-refractivity contribution is -0.142. The first-order valence-electron chi connectivity index (χ1n) is 7.61. The summed E-state index contributed by atoms with van der Waals surface area (Å²) in [6.07, 6.45) is 4.87. The van der Waals surface area contributed by atoms with Gasteiger partial charge in [0.1, 0.15) is 0 Å². The van der Waals surface area contributed by atoms with Crippen molar-refractivity contribution in [1.82, 2.24) is 14.8 Å². The van der Waals surface area contributed by atoms with E-state index in [1.807, 2.05) is 6.92 Å². The molecule has 1 aliphatic rings. The maximum Gasteiger partial charge on any atom is 0.343 e. The molecular weight excluding hydrogens is 290 g/mol. The lowest BCUT2D eigenvalue weighted by Crippen LogP contribution is -2.33. The average Bonchev–Trinajstić information content (AvgIpc) is 2.79. The van der Waals surface area contributed by atoms with Gasteiger partial charge in [0.25, 0.3) is 0 Å². The molecule has 118 valence electrons. The third-order valence-electron chi connectivity index (χ3n) is 4.21. The molecule has 1 saturated carbocycles. The Morgan fingerprint density at radius 2 is 2.24 bits per heavy atom. The molecule has 6 nitrogen and oxygen atoms in total. The largest absolute Gasteiger partial charge is 0.481 e. The van der Waals surface area contributed by atoms with Gasteiger partial charge in [-0.1, -0.05) is 31.5 Å². The van der Waals surface area contributed by atoms with E-state index in [9.17, 15) is 14.7 Å². The number of thioether (sulfide) groups is 1. The Morgan fingerprint density at radius 1 is 1.48 bits per heavy atom. The van der Waals surface area contributed by atoms with Gasteiger partial charge in [0, 0.05) is 11.8 Å². The van der Waals surface area contributed by atoms with Crippen molar-refractivity contribution in [1.29, 1.82) is 0 Å². The summed E-state index contributed by atoms with van der Waals surface area (Å²) in [6, 6.07) is 0. The van der Waals surface area contributed by atoms with E-state index in [1.165, 1.54) is 11.8 Å². The summed E-state index contributed by atoms with van der Waals surface area (Å²) in [7, 11) is 0. The molecule has 1 aliphatic carbocycles. The van der Waals surface area contributed by atoms with E-state index in [2.05, 4.69) is 17.1 Å². The number of carboxylic acids is 1. The van der Waals surface area contributed by atoms with Gasteiger partial charge in [-0.2, -0.15) is 0 Å². The molecule has 0 radical (unpaired) electrons. The molecule has 0 bridgehead atoms. The maximum absolute atomic E-state index is 11.6. The van der Waals surface area contributed by atoms with Crippen LogP contribution in [-0.2, 0) is 11.3 Å². The second kappa shape index (κ2) is 7.15. The van der Waals surface area contributed by atoms with Gasteiger partial charge in [-0.3, -0.25) is 9.36 Å². The molecular formula is C14H23N3O3S. The van der Waals surface area contributed by atoms with Gasteiger partial charge >= 0.3 is 11.7 Å². The highest BCUT2D eigenvalue weighted by Crippen LogP contribution is 2.40. The summed E-state index contributed by atoms with van der Waals surface area (Å²) in [5, 5.41) is 16.5. The van der Waals surface area contributed by atoms with E-state index in [-0.39, 0.29) is 16.9 Å². The second-order valence-electron chi connectivity index (χ2n) is 5.62. The molecule has 1 heterocycles. The lowest BCUT2D eigenvalue weighted by atomic mass is 9.80. The molecule has 0 amide bonds. The molecule has 0 spiro atoms. The Balaban J connectivity index is 2.15. The van der Waals surface area contributed by atoms with Gasteiger partial charge in [0.2, 0.25) is 0 Å². The average molecular weight is 313 g/mol. The summed E-state index contributed by atoms with van der Waals surface area (Å²) in [4.78, 5) is 23.1. The number of aromatic nitrogens is 3. The highest BCUT2D eigenvalue weighted by molar-refractivity contribution is 7.99. The molecule has 7 heteroatoms. The van der Waals surface area contributed by atoms with Gasteiger partial charge in [0.05, 0.1) is 5.92 Å². The SMILES string of the molecule is CCCC1CCC(C(=O)O)C(Sc2n[nH]c(=O)n2CC)C1. The van der Waals surface area contributed by atoms with Crippen LogP contribution in [0.5, 0.6) is 0 Å². The van der Waals surface area contributed by atoms with Gasteiger partial charge in [0.15, 0.2) is 5.16 Å². The zero-order chi connectivity index (χ0) is 15.4. The number of aromatic amines is 1. The first-order chi connectivity index (χ1) is 10.1. The van der Waals surface area contributed by atoms with Crippen molar-refractivity contribution in [3.05, 3.63) is 10.5 Å². The van der Waals surface area contributed by atoms with Crippen molar-refractivity contribution in [3.63, 3.8) is 0 Å². The van der Waals surface area contributed by atoms with Gasteiger partial charge < -0.3 is 5.11 Å². The summed E-state index contributed by atoms with van der Waals surface area (Å²) >= 11 is 1.44. The maximum atomic E-state index is 11.6. The molecule has 0 aromatic carbocycles. The zero-order valence-corrected chi connectivity index (χ0v) is 13.4. The molecule has 0 aliphatic heterocycles. The normalized spacial score (nSPS) is 25.9. The van der Waals surface area contributed by atoms with Gasteiger partial charge in [-0.05, 0) is 32.1 Å². The minimum absolute atomic E-state index is 0.00620. The Kier molecular flexibility index (Phi) is 5.50. The van der Waals surface area contributed by atoms with Crippen LogP contribution in [-0.4, -0.2) is 31.1 Å². The fourth-order valence-corrected chi connectivity index (χ4v) is 4.60. The number of carbonyl (C=O) groups is 1. The Labute approximate surface area is 128 Å². The predicted octanol–water partition coefficient (Wildman–Crippen LogP) is 2.35. The number of hydrogen-bond acceptors (Lipinski definition) is 4. The van der Waals surface area contributed by atoms with Crippen LogP contribution >= 0.6 is 11.8 Å². The zero-order valence-electron chi connectivity index (χ0n) is 12.5. The molecule has 1 aromatic rings. The number of nitrogens with one attached hydrogen (secondary N) is 1. The van der Waals surface area contributed by atoms with E-state index in [1.54, 1.807) is 4.57 Å². The van der Waals surface area contributed by atoms with Crippen LogP contribution in [0.25, 0.3) is 0 Å². The van der Waals surface area contributed by atoms with Crippen LogP contribution in [0.2, 0.25) is 0 Å². The standard InChI is InChI=1S/C14H23N3O3S/c1-3-5-9-6-7-10(12(18)19)11(8-9)21-14-16-15-13(20)17(14)4-2/h9-11H,3-8H2,1-2H3,(H,15,20)(H,18,19). The second-order valence-corrected chi connectivity index (χ2v) is 6.83. The minimum Gasteiger partial charge on any atom is -0.481 e. The number of rotatable bonds is 6. The number of nitrogens with zero attached hydrogens (tertiary/aromatic N) is 2. The summed E-state index contributed by atoms with van der Waals surface area (Å²) in [5.41, 5.74) is -0.229. The van der Waals surface area contributed by atoms with E-state index >= 15 is 0 Å². The molecule has 2 N–H and O–H groups in total. The van der Waals surface area contributed by atoms with Crippen molar-refractivity contribution in [3.8, 4) is 0 Å². The first-order valence-corrected chi connectivity index (χ1v) is 8.49. The highest BCUT2D eigenvalue weighted by Gasteiger charge is 2.36. The van der Waals surface area contributed by atoms with Crippen LogP contribution in [0, 0.1) is 11.8 Å². The molecule has 3 unspecified atom stereocenters. The quantitative estimate of drug-likeness (QED) is 0.841. The Morgan fingerprint density at radius 3 is 2.86 bits per heavy atom. The van der Waals surface area contributed by atoms with E-state index in [4.69, 9.17) is 0 Å². The van der Waals surface area contributed by atoms with E-state index in [0.29, 0.717) is 17.6 Å². The predicted molar refractivity (Wildman–Crippen MR) is 81.5 cm³/mol. The third kappa shape index (κ3) is 3.70. The van der Waals surface area contributed by atoms with Gasteiger partial charge in [-0.15, -0.1) is 5.10 Å². The Bertz CT molecular complexity index is 540. The molecule has 0 saturated heterocycles. The number of H-pyrrole nitrogens is 1. The summed E-state index contributed by atoms with van der Waals surface area (Å²) in [5.74, 6) is -0.493. The van der Waals surface area contributed by atoms with Crippen molar-refractivity contribution in [2.45, 2.75) is 62.9 Å². The Hall–Kier alpha value is -1.24. The van der Waals surface area contributed by atoms with Crippen LogP contribution in [0.1, 0.15) is 46.0 Å². The highest BCUT2D eigenvalue weighted by atomic mass is 32.2.